The van der Waals surface area contributed by atoms with Gasteiger partial charge in [-0.1, -0.05) is 30.3 Å². The molecule has 0 aliphatic heterocycles. The molecule has 0 saturated heterocycles. The Morgan fingerprint density at radius 1 is 1.09 bits per heavy atom. The van der Waals surface area contributed by atoms with Crippen LogP contribution in [0.3, 0.4) is 0 Å². The molecule has 0 aliphatic carbocycles. The second kappa shape index (κ2) is 10.6. The minimum absolute atomic E-state index is 0.00863. The van der Waals surface area contributed by atoms with Gasteiger partial charge >= 0.3 is 0 Å². The summed E-state index contributed by atoms with van der Waals surface area (Å²) in [5, 5.41) is 15.7. The van der Waals surface area contributed by atoms with Crippen molar-refractivity contribution in [2.75, 3.05) is 0 Å². The predicted molar refractivity (Wildman–Crippen MR) is 146 cm³/mol. The molecule has 7 nitrogen and oxygen atoms in total. The summed E-state index contributed by atoms with van der Waals surface area (Å²) in [6.45, 7) is 0.481. The Bertz CT molecular complexity index is 1350. The van der Waals surface area contributed by atoms with Gasteiger partial charge in [-0.2, -0.15) is 5.10 Å². The van der Waals surface area contributed by atoms with Gasteiger partial charge in [-0.3, -0.25) is 14.9 Å². The summed E-state index contributed by atoms with van der Waals surface area (Å²) < 4.78 is 8.67. The third kappa shape index (κ3) is 5.86. The zero-order valence-electron chi connectivity index (χ0n) is 16.8. The average molecular weight is 683 g/mol. The first-order valence-electron chi connectivity index (χ1n) is 9.58. The number of hydrazone groups is 1. The van der Waals surface area contributed by atoms with Crippen LogP contribution in [-0.4, -0.2) is 17.0 Å². The van der Waals surface area contributed by atoms with Crippen LogP contribution in [0, 0.1) is 17.3 Å². The molecule has 33 heavy (non-hydrogen) atoms. The minimum Gasteiger partial charge on any atom is -0.487 e. The lowest BCUT2D eigenvalue weighted by Crippen LogP contribution is -2.16. The topological polar surface area (TPSA) is 93.8 Å². The smallest absolute Gasteiger partial charge is 0.281 e. The van der Waals surface area contributed by atoms with Crippen LogP contribution in [0.4, 0.5) is 5.69 Å². The molecule has 0 bridgehead atoms. The zero-order chi connectivity index (χ0) is 23.4. The molecule has 4 rings (SSSR count). The monoisotopic (exact) mass is 683 g/mol. The Morgan fingerprint density at radius 2 is 1.82 bits per heavy atom. The highest BCUT2D eigenvalue weighted by molar-refractivity contribution is 14.1. The number of ether oxygens (including phenoxy) is 1. The third-order valence-electron chi connectivity index (χ3n) is 4.56. The lowest BCUT2D eigenvalue weighted by molar-refractivity contribution is -0.384. The van der Waals surface area contributed by atoms with E-state index in [0.717, 1.165) is 28.7 Å². The summed E-state index contributed by atoms with van der Waals surface area (Å²) in [5.74, 6) is 0.433. The van der Waals surface area contributed by atoms with Gasteiger partial charge in [-0.25, -0.2) is 5.43 Å². The van der Waals surface area contributed by atoms with Crippen molar-refractivity contribution in [3.63, 3.8) is 0 Å². The van der Waals surface area contributed by atoms with Gasteiger partial charge in [0.25, 0.3) is 11.6 Å². The first-order chi connectivity index (χ1) is 15.9. The highest BCUT2D eigenvalue weighted by Gasteiger charge is 2.13. The van der Waals surface area contributed by atoms with Gasteiger partial charge in [0.2, 0.25) is 0 Å². The van der Waals surface area contributed by atoms with Crippen molar-refractivity contribution >= 4 is 84.4 Å². The van der Waals surface area contributed by atoms with Crippen LogP contribution in [0.1, 0.15) is 20.8 Å². The van der Waals surface area contributed by atoms with E-state index in [2.05, 4.69) is 55.7 Å². The van der Waals surface area contributed by atoms with Gasteiger partial charge in [-0.15, -0.1) is 11.3 Å². The zero-order valence-corrected chi connectivity index (χ0v) is 22.0. The number of thiophene rings is 1. The molecule has 0 spiro atoms. The van der Waals surface area contributed by atoms with Crippen LogP contribution in [0.15, 0.2) is 71.8 Å². The van der Waals surface area contributed by atoms with Crippen molar-refractivity contribution in [2.24, 2.45) is 5.10 Å². The largest absolute Gasteiger partial charge is 0.487 e. The van der Waals surface area contributed by atoms with Crippen molar-refractivity contribution < 1.29 is 14.5 Å². The molecule has 0 aliphatic rings. The van der Waals surface area contributed by atoms with E-state index in [0.29, 0.717) is 16.9 Å². The van der Waals surface area contributed by atoms with Crippen LogP contribution in [0.25, 0.3) is 10.1 Å². The van der Waals surface area contributed by atoms with Gasteiger partial charge in [0, 0.05) is 22.2 Å². The van der Waals surface area contributed by atoms with E-state index in [4.69, 9.17) is 4.74 Å². The molecule has 1 aromatic heterocycles. The van der Waals surface area contributed by atoms with E-state index in [1.165, 1.54) is 23.5 Å². The number of benzene rings is 3. The van der Waals surface area contributed by atoms with Crippen LogP contribution in [0.2, 0.25) is 0 Å². The average Bonchev–Trinajstić information content (AvgIpc) is 3.23. The van der Waals surface area contributed by atoms with E-state index < -0.39 is 4.92 Å². The summed E-state index contributed by atoms with van der Waals surface area (Å²) >= 11 is 5.69. The summed E-state index contributed by atoms with van der Waals surface area (Å²) in [5.41, 5.74) is 4.42. The van der Waals surface area contributed by atoms with Gasteiger partial charge in [0.15, 0.2) is 0 Å². The number of nitrogens with zero attached hydrogens (tertiary/aromatic N) is 2. The number of amides is 1. The van der Waals surface area contributed by atoms with E-state index >= 15 is 0 Å². The fraction of sp³-hybridized carbons (Fsp3) is 0.0435. The first-order valence-corrected chi connectivity index (χ1v) is 12.6. The van der Waals surface area contributed by atoms with Crippen LogP contribution >= 0.6 is 56.5 Å². The van der Waals surface area contributed by atoms with E-state index in [1.807, 2.05) is 42.5 Å². The Labute approximate surface area is 220 Å². The Morgan fingerprint density at radius 3 is 2.52 bits per heavy atom. The molecule has 0 fully saturated rings. The molecule has 10 heteroatoms. The molecule has 4 aromatic rings. The quantitative estimate of drug-likeness (QED) is 0.106. The minimum atomic E-state index is -0.456. The number of nitro groups is 1. The van der Waals surface area contributed by atoms with Crippen molar-refractivity contribution in [1.82, 2.24) is 5.43 Å². The molecule has 3 aromatic carbocycles. The number of nitro benzene ring substituents is 1. The Balaban J connectivity index is 1.42. The van der Waals surface area contributed by atoms with E-state index in [1.54, 1.807) is 18.3 Å². The predicted octanol–water partition coefficient (Wildman–Crippen LogP) is 6.36. The highest BCUT2D eigenvalue weighted by Crippen LogP contribution is 2.30. The van der Waals surface area contributed by atoms with Gasteiger partial charge in [0.1, 0.15) is 12.4 Å². The maximum Gasteiger partial charge on any atom is 0.281 e. The summed E-state index contributed by atoms with van der Waals surface area (Å²) in [6, 6.07) is 20.0. The number of halogens is 2. The summed E-state index contributed by atoms with van der Waals surface area (Å²) in [7, 11) is 0. The molecule has 1 N–H and O–H groups in total. The number of carbonyl (C=O) groups is 1. The van der Waals surface area contributed by atoms with Gasteiger partial charge < -0.3 is 4.74 Å². The van der Waals surface area contributed by atoms with Crippen molar-refractivity contribution in [3.05, 3.63) is 100.0 Å². The second-order valence-corrected chi connectivity index (χ2v) is 10.3. The molecule has 0 atom stereocenters. The van der Waals surface area contributed by atoms with Crippen molar-refractivity contribution in [2.45, 2.75) is 6.61 Å². The number of hydrogen-bond acceptors (Lipinski definition) is 6. The van der Waals surface area contributed by atoms with Crippen LogP contribution < -0.4 is 10.2 Å². The van der Waals surface area contributed by atoms with Gasteiger partial charge in [0.05, 0.1) is 23.2 Å². The lowest BCUT2D eigenvalue weighted by atomic mass is 10.2. The van der Waals surface area contributed by atoms with Crippen molar-refractivity contribution in [1.29, 1.82) is 0 Å². The molecular weight excluding hydrogens is 668 g/mol. The number of non-ortho nitro benzene ring substituents is 1. The van der Waals surface area contributed by atoms with Crippen molar-refractivity contribution in [3.8, 4) is 5.75 Å². The van der Waals surface area contributed by atoms with Gasteiger partial charge in [-0.05, 0) is 80.6 Å². The first kappa shape index (κ1) is 23.6. The number of hydrogen-bond donors (Lipinski definition) is 1. The standard InChI is InChI=1S/C23H15I2N3O4S/c24-18-8-15(9-19(25)22(18)32-13-14-4-2-1-3-5-14)12-26-27-23(29)21-11-16-10-17(28(30)31)6-7-20(16)33-21/h1-12H,13H2,(H,27,29)/b26-12-. The Kier molecular flexibility index (Phi) is 7.55. The number of rotatable bonds is 7. The maximum absolute atomic E-state index is 12.5. The summed E-state index contributed by atoms with van der Waals surface area (Å²) in [6.07, 6.45) is 1.57. The van der Waals surface area contributed by atoms with Crippen LogP contribution in [0.5, 0.6) is 5.75 Å². The molecule has 166 valence electrons. The Hall–Kier alpha value is -2.58. The molecular formula is C23H15I2N3O4S. The third-order valence-corrected chi connectivity index (χ3v) is 7.28. The fourth-order valence-electron chi connectivity index (χ4n) is 3.00. The highest BCUT2D eigenvalue weighted by atomic mass is 127. The number of carbonyl (C=O) groups excluding carboxylic acids is 1. The van der Waals surface area contributed by atoms with Crippen LogP contribution in [-0.2, 0) is 6.61 Å². The SMILES string of the molecule is O=C(N/N=C\c1cc(I)c(OCc2ccccc2)c(I)c1)c1cc2cc([N+](=O)[O-])ccc2s1. The molecule has 1 heterocycles. The molecule has 0 unspecified atom stereocenters. The summed E-state index contributed by atoms with van der Waals surface area (Å²) in [4.78, 5) is 23.4. The maximum atomic E-state index is 12.5. The second-order valence-electron chi connectivity index (χ2n) is 6.88. The molecule has 0 saturated carbocycles. The normalized spacial score (nSPS) is 11.1. The van der Waals surface area contributed by atoms with E-state index in [-0.39, 0.29) is 11.6 Å². The van der Waals surface area contributed by atoms with E-state index in [9.17, 15) is 14.9 Å². The number of nitrogens with one attached hydrogen (secondary N) is 1. The number of fused-ring (bicyclic) bond motifs is 1. The molecule has 1 amide bonds. The lowest BCUT2D eigenvalue weighted by Gasteiger charge is -2.11. The fourth-order valence-corrected chi connectivity index (χ4v) is 6.06. The molecule has 0 radical (unpaired) electrons.